The molecule has 208 valence electrons. The number of hydrogen-bond acceptors (Lipinski definition) is 7. The van der Waals surface area contributed by atoms with Crippen molar-refractivity contribution < 1.29 is 19.1 Å². The van der Waals surface area contributed by atoms with Crippen LogP contribution in [-0.2, 0) is 16.0 Å². The third-order valence-electron chi connectivity index (χ3n) is 7.43. The molecule has 1 saturated heterocycles. The van der Waals surface area contributed by atoms with Crippen LogP contribution in [0.2, 0.25) is 0 Å². The number of nitrogens with one attached hydrogen (secondary N) is 1. The number of ether oxygens (including phenoxy) is 2. The molecule has 4 atom stereocenters. The Kier molecular flexibility index (Phi) is 7.48. The standard InChI is InChI=1S/C30H34N6O4/c1-30(2,3)40-29(38)36-24-13-10-21(15-24)27(36)28(37)32-22(17-31)14-19-8-11-23(12-9-19)35-18-26(33-34-35)20-6-5-7-25(16-20)39-4/h5-9,11-12,16,18,21-22,24,27H,10,13-15H2,1-4H3,(H,32,37)/t21-,22-,24+,27-/m0/s1. The van der Waals surface area contributed by atoms with Gasteiger partial charge in [0.05, 0.1) is 25.1 Å². The summed E-state index contributed by atoms with van der Waals surface area (Å²) in [7, 11) is 1.62. The molecule has 40 heavy (non-hydrogen) atoms. The first kappa shape index (κ1) is 27.2. The van der Waals surface area contributed by atoms with Crippen LogP contribution < -0.4 is 10.1 Å². The SMILES string of the molecule is COc1cccc(-c2cn(-c3ccc(C[C@@H](C#N)NC(=O)[C@@H]4[C@H]5CC[C@H](C5)N4C(=O)OC(C)(C)C)cc3)nn2)c1. The van der Waals surface area contributed by atoms with Gasteiger partial charge in [0.25, 0.3) is 0 Å². The van der Waals surface area contributed by atoms with Gasteiger partial charge in [-0.3, -0.25) is 9.69 Å². The van der Waals surface area contributed by atoms with Gasteiger partial charge < -0.3 is 14.8 Å². The Hall–Kier alpha value is -4.39. The Morgan fingerprint density at radius 3 is 2.65 bits per heavy atom. The Labute approximate surface area is 233 Å². The summed E-state index contributed by atoms with van der Waals surface area (Å²) >= 11 is 0. The van der Waals surface area contributed by atoms with Gasteiger partial charge in [-0.15, -0.1) is 5.10 Å². The molecule has 2 bridgehead atoms. The van der Waals surface area contributed by atoms with Crippen molar-refractivity contribution in [1.29, 1.82) is 5.26 Å². The third-order valence-corrected chi connectivity index (χ3v) is 7.43. The molecule has 0 spiro atoms. The molecule has 1 aromatic heterocycles. The molecule has 1 aliphatic heterocycles. The van der Waals surface area contributed by atoms with E-state index in [0.717, 1.165) is 47.5 Å². The molecule has 5 rings (SSSR count). The largest absolute Gasteiger partial charge is 0.497 e. The second-order valence-electron chi connectivity index (χ2n) is 11.4. The molecule has 2 aromatic carbocycles. The second-order valence-corrected chi connectivity index (χ2v) is 11.4. The number of likely N-dealkylation sites (tertiary alicyclic amines) is 1. The number of amides is 2. The number of piperidine rings is 1. The smallest absolute Gasteiger partial charge is 0.411 e. The van der Waals surface area contributed by atoms with Crippen LogP contribution in [0.1, 0.15) is 45.6 Å². The number of nitriles is 1. The molecular formula is C30H34N6O4. The van der Waals surface area contributed by atoms with Gasteiger partial charge in [0.2, 0.25) is 5.91 Å². The summed E-state index contributed by atoms with van der Waals surface area (Å²) in [6.07, 6.45) is 4.26. The van der Waals surface area contributed by atoms with E-state index in [0.29, 0.717) is 6.42 Å². The van der Waals surface area contributed by atoms with Crippen LogP contribution in [0.5, 0.6) is 5.75 Å². The van der Waals surface area contributed by atoms with Gasteiger partial charge in [0, 0.05) is 18.0 Å². The fourth-order valence-electron chi connectivity index (χ4n) is 5.61. The summed E-state index contributed by atoms with van der Waals surface area (Å²) < 4.78 is 12.6. The van der Waals surface area contributed by atoms with Gasteiger partial charge in [-0.2, -0.15) is 5.26 Å². The lowest BCUT2D eigenvalue weighted by Crippen LogP contribution is -2.55. The number of aromatic nitrogens is 3. The number of fused-ring (bicyclic) bond motifs is 2. The number of benzene rings is 2. The molecule has 0 unspecified atom stereocenters. The predicted octanol–water partition coefficient (Wildman–Crippen LogP) is 4.28. The molecule has 1 saturated carbocycles. The van der Waals surface area contributed by atoms with Crippen molar-refractivity contribution in [3.8, 4) is 28.8 Å². The van der Waals surface area contributed by atoms with E-state index < -0.39 is 23.8 Å². The van der Waals surface area contributed by atoms with E-state index in [-0.39, 0.29) is 17.9 Å². The number of carbonyl (C=O) groups excluding carboxylic acids is 2. The van der Waals surface area contributed by atoms with Crippen LogP contribution in [0.3, 0.4) is 0 Å². The molecule has 10 heteroatoms. The first-order valence-corrected chi connectivity index (χ1v) is 13.5. The molecule has 1 N–H and O–H groups in total. The molecular weight excluding hydrogens is 508 g/mol. The highest BCUT2D eigenvalue weighted by molar-refractivity contribution is 5.87. The van der Waals surface area contributed by atoms with E-state index >= 15 is 0 Å². The zero-order valence-corrected chi connectivity index (χ0v) is 23.2. The highest BCUT2D eigenvalue weighted by Gasteiger charge is 2.52. The van der Waals surface area contributed by atoms with E-state index in [1.807, 2.05) is 75.5 Å². The van der Waals surface area contributed by atoms with E-state index in [1.54, 1.807) is 16.7 Å². The zero-order valence-electron chi connectivity index (χ0n) is 23.2. The highest BCUT2D eigenvalue weighted by atomic mass is 16.6. The minimum Gasteiger partial charge on any atom is -0.497 e. The van der Waals surface area contributed by atoms with Crippen molar-refractivity contribution in [1.82, 2.24) is 25.2 Å². The lowest BCUT2D eigenvalue weighted by Gasteiger charge is -2.35. The molecule has 0 radical (unpaired) electrons. The summed E-state index contributed by atoms with van der Waals surface area (Å²) in [5, 5.41) is 21.2. The highest BCUT2D eigenvalue weighted by Crippen LogP contribution is 2.43. The van der Waals surface area contributed by atoms with Gasteiger partial charge in [-0.1, -0.05) is 29.5 Å². The van der Waals surface area contributed by atoms with Crippen molar-refractivity contribution in [3.05, 3.63) is 60.3 Å². The van der Waals surface area contributed by atoms with Crippen molar-refractivity contribution in [2.45, 2.75) is 70.2 Å². The first-order chi connectivity index (χ1) is 19.1. The van der Waals surface area contributed by atoms with E-state index in [4.69, 9.17) is 9.47 Å². The molecule has 1 aliphatic carbocycles. The van der Waals surface area contributed by atoms with Gasteiger partial charge in [0.15, 0.2) is 0 Å². The van der Waals surface area contributed by atoms with E-state index in [1.165, 1.54) is 0 Å². The predicted molar refractivity (Wildman–Crippen MR) is 148 cm³/mol. The van der Waals surface area contributed by atoms with Crippen LogP contribution in [0.4, 0.5) is 4.79 Å². The van der Waals surface area contributed by atoms with Crippen molar-refractivity contribution >= 4 is 12.0 Å². The van der Waals surface area contributed by atoms with Gasteiger partial charge in [0.1, 0.15) is 29.1 Å². The number of carbonyl (C=O) groups is 2. The number of rotatable bonds is 7. The first-order valence-electron chi connectivity index (χ1n) is 13.5. The lowest BCUT2D eigenvalue weighted by molar-refractivity contribution is -0.128. The molecule has 3 aromatic rings. The van der Waals surface area contributed by atoms with Crippen LogP contribution in [0.15, 0.2) is 54.7 Å². The van der Waals surface area contributed by atoms with E-state index in [9.17, 15) is 14.9 Å². The maximum Gasteiger partial charge on any atom is 0.411 e. The van der Waals surface area contributed by atoms with Crippen LogP contribution >= 0.6 is 0 Å². The van der Waals surface area contributed by atoms with Gasteiger partial charge in [-0.05, 0) is 75.8 Å². The molecule has 2 fully saturated rings. The zero-order chi connectivity index (χ0) is 28.4. The minimum absolute atomic E-state index is 0.00454. The number of nitrogens with zero attached hydrogens (tertiary/aromatic N) is 5. The average Bonchev–Trinajstić information content (AvgIpc) is 3.69. The summed E-state index contributed by atoms with van der Waals surface area (Å²) in [6, 6.07) is 16.1. The lowest BCUT2D eigenvalue weighted by atomic mass is 9.97. The summed E-state index contributed by atoms with van der Waals surface area (Å²) in [4.78, 5) is 27.8. The van der Waals surface area contributed by atoms with Gasteiger partial charge >= 0.3 is 6.09 Å². The Balaban J connectivity index is 1.23. The van der Waals surface area contributed by atoms with Gasteiger partial charge in [-0.25, -0.2) is 9.48 Å². The summed E-state index contributed by atoms with van der Waals surface area (Å²) in [5.41, 5.74) is 2.68. The Morgan fingerprint density at radius 1 is 1.18 bits per heavy atom. The normalized spacial score (nSPS) is 20.6. The van der Waals surface area contributed by atoms with Crippen LogP contribution in [-0.4, -0.2) is 62.7 Å². The topological polar surface area (TPSA) is 122 Å². The van der Waals surface area contributed by atoms with Crippen LogP contribution in [0.25, 0.3) is 16.9 Å². The fourth-order valence-corrected chi connectivity index (χ4v) is 5.61. The monoisotopic (exact) mass is 542 g/mol. The minimum atomic E-state index is -0.732. The Morgan fingerprint density at radius 2 is 1.95 bits per heavy atom. The maximum atomic E-state index is 13.3. The van der Waals surface area contributed by atoms with Crippen molar-refractivity contribution in [2.75, 3.05) is 7.11 Å². The molecule has 2 heterocycles. The second kappa shape index (κ2) is 11.0. The molecule has 10 nitrogen and oxygen atoms in total. The molecule has 2 amide bonds. The third kappa shape index (κ3) is 5.78. The average molecular weight is 543 g/mol. The Bertz CT molecular complexity index is 1420. The fraction of sp³-hybridized carbons (Fsp3) is 0.433. The van der Waals surface area contributed by atoms with Crippen molar-refractivity contribution in [3.63, 3.8) is 0 Å². The quantitative estimate of drug-likeness (QED) is 0.473. The number of methoxy groups -OCH3 is 1. The van der Waals surface area contributed by atoms with Crippen LogP contribution in [0, 0.1) is 17.2 Å². The summed E-state index contributed by atoms with van der Waals surface area (Å²) in [6.45, 7) is 5.44. The summed E-state index contributed by atoms with van der Waals surface area (Å²) in [5.74, 6) is 0.531. The maximum absolute atomic E-state index is 13.3. The number of hydrogen-bond donors (Lipinski definition) is 1. The van der Waals surface area contributed by atoms with E-state index in [2.05, 4.69) is 21.7 Å². The van der Waals surface area contributed by atoms with Crippen molar-refractivity contribution in [2.24, 2.45) is 5.92 Å². The molecule has 2 aliphatic rings.